The van der Waals surface area contributed by atoms with Gasteiger partial charge in [-0.2, -0.15) is 11.3 Å². The van der Waals surface area contributed by atoms with Crippen LogP contribution in [0.3, 0.4) is 0 Å². The van der Waals surface area contributed by atoms with Gasteiger partial charge in [0.1, 0.15) is 5.82 Å². The van der Waals surface area contributed by atoms with Gasteiger partial charge >= 0.3 is 0 Å². The first-order chi connectivity index (χ1) is 8.86. The normalized spacial score (nSPS) is 10.7. The fraction of sp³-hybridized carbons (Fsp3) is 0.167. The quantitative estimate of drug-likeness (QED) is 0.755. The van der Waals surface area contributed by atoms with Crippen LogP contribution in [-0.4, -0.2) is 21.4 Å². The highest BCUT2D eigenvalue weighted by atomic mass is 32.1. The van der Waals surface area contributed by atoms with E-state index in [1.54, 1.807) is 17.5 Å². The summed E-state index contributed by atoms with van der Waals surface area (Å²) in [5.74, 6) is 1.60. The van der Waals surface area contributed by atoms with E-state index in [9.17, 15) is 0 Å². The van der Waals surface area contributed by atoms with E-state index in [-0.39, 0.29) is 0 Å². The molecule has 3 heterocycles. The number of fused-ring (bicyclic) bond motifs is 1. The van der Waals surface area contributed by atoms with Crippen LogP contribution in [0, 0.1) is 0 Å². The molecule has 0 amide bonds. The van der Waals surface area contributed by atoms with Crippen LogP contribution in [0.4, 0.5) is 11.6 Å². The predicted octanol–water partition coefficient (Wildman–Crippen LogP) is 2.44. The molecule has 0 saturated carbocycles. The molecule has 0 bridgehead atoms. The molecule has 18 heavy (non-hydrogen) atoms. The number of anilines is 2. The molecule has 92 valence electrons. The molecule has 0 unspecified atom stereocenters. The van der Waals surface area contributed by atoms with Gasteiger partial charge in [0.25, 0.3) is 0 Å². The van der Waals surface area contributed by atoms with Gasteiger partial charge in [0.15, 0.2) is 11.5 Å². The number of hydrogen-bond acceptors (Lipinski definition) is 5. The minimum atomic E-state index is 0.756. The first-order valence-corrected chi connectivity index (χ1v) is 6.57. The number of aromatic nitrogens is 3. The summed E-state index contributed by atoms with van der Waals surface area (Å²) in [7, 11) is 1.85. The molecule has 0 saturated heterocycles. The van der Waals surface area contributed by atoms with Crippen molar-refractivity contribution >= 4 is 28.6 Å². The molecule has 0 atom stereocenters. The Kier molecular flexibility index (Phi) is 2.85. The number of nitrogens with one attached hydrogen (secondary N) is 2. The van der Waals surface area contributed by atoms with Gasteiger partial charge < -0.3 is 15.0 Å². The monoisotopic (exact) mass is 259 g/mol. The first-order valence-electron chi connectivity index (χ1n) is 5.63. The Morgan fingerprint density at radius 1 is 1.44 bits per heavy atom. The highest BCUT2D eigenvalue weighted by Crippen LogP contribution is 2.17. The highest BCUT2D eigenvalue weighted by molar-refractivity contribution is 7.07. The molecule has 3 aromatic heterocycles. The molecule has 0 fully saturated rings. The fourth-order valence-electron chi connectivity index (χ4n) is 1.75. The molecule has 5 nitrogen and oxygen atoms in total. The molecule has 6 heteroatoms. The summed E-state index contributed by atoms with van der Waals surface area (Å²) in [5, 5.41) is 10.6. The van der Waals surface area contributed by atoms with Crippen LogP contribution in [0.2, 0.25) is 0 Å². The zero-order chi connectivity index (χ0) is 12.4. The Morgan fingerprint density at radius 3 is 3.17 bits per heavy atom. The van der Waals surface area contributed by atoms with E-state index in [1.807, 2.05) is 23.8 Å². The molecule has 0 aromatic carbocycles. The lowest BCUT2D eigenvalue weighted by Gasteiger charge is -2.08. The van der Waals surface area contributed by atoms with Crippen molar-refractivity contribution in [3.05, 3.63) is 41.0 Å². The molecule has 0 radical (unpaired) electrons. The van der Waals surface area contributed by atoms with Crippen molar-refractivity contribution in [1.29, 1.82) is 0 Å². The molecule has 3 aromatic rings. The minimum Gasteiger partial charge on any atom is -0.372 e. The average Bonchev–Trinajstić information content (AvgIpc) is 3.06. The Morgan fingerprint density at radius 2 is 2.39 bits per heavy atom. The van der Waals surface area contributed by atoms with Crippen molar-refractivity contribution in [2.24, 2.45) is 0 Å². The SMILES string of the molecule is CNc1cn2ccnc2c(NCc2ccsc2)n1. The molecule has 0 aliphatic carbocycles. The lowest BCUT2D eigenvalue weighted by molar-refractivity contribution is 1.07. The standard InChI is InChI=1S/C12H13N5S/c1-13-10-7-17-4-3-14-12(17)11(16-10)15-6-9-2-5-18-8-9/h2-5,7-8,13H,6H2,1H3,(H,15,16). The van der Waals surface area contributed by atoms with E-state index in [4.69, 9.17) is 0 Å². The largest absolute Gasteiger partial charge is 0.372 e. The second kappa shape index (κ2) is 4.66. The third kappa shape index (κ3) is 2.02. The van der Waals surface area contributed by atoms with Crippen LogP contribution in [0.1, 0.15) is 5.56 Å². The molecule has 2 N–H and O–H groups in total. The van der Waals surface area contributed by atoms with Gasteiger partial charge in [0.2, 0.25) is 0 Å². The van der Waals surface area contributed by atoms with Gasteiger partial charge in [-0.05, 0) is 22.4 Å². The molecule has 3 rings (SSSR count). The maximum Gasteiger partial charge on any atom is 0.180 e. The number of hydrogen-bond donors (Lipinski definition) is 2. The molecular formula is C12H13N5S. The Balaban J connectivity index is 1.92. The fourth-order valence-corrected chi connectivity index (χ4v) is 2.42. The maximum atomic E-state index is 4.49. The third-order valence-corrected chi connectivity index (χ3v) is 3.40. The van der Waals surface area contributed by atoms with Crippen molar-refractivity contribution in [3.63, 3.8) is 0 Å². The zero-order valence-electron chi connectivity index (χ0n) is 9.92. The van der Waals surface area contributed by atoms with E-state index in [0.717, 1.165) is 23.8 Å². The summed E-state index contributed by atoms with van der Waals surface area (Å²) in [4.78, 5) is 8.80. The first kappa shape index (κ1) is 11.0. The van der Waals surface area contributed by atoms with Gasteiger partial charge in [-0.3, -0.25) is 0 Å². The Hall–Kier alpha value is -2.08. The van der Waals surface area contributed by atoms with E-state index in [2.05, 4.69) is 37.4 Å². The van der Waals surface area contributed by atoms with Crippen molar-refractivity contribution < 1.29 is 0 Å². The van der Waals surface area contributed by atoms with Crippen LogP contribution in [0.5, 0.6) is 0 Å². The smallest absolute Gasteiger partial charge is 0.180 e. The van der Waals surface area contributed by atoms with Crippen molar-refractivity contribution in [3.8, 4) is 0 Å². The number of rotatable bonds is 4. The number of imidazole rings is 1. The highest BCUT2D eigenvalue weighted by Gasteiger charge is 2.06. The van der Waals surface area contributed by atoms with Crippen LogP contribution in [0.25, 0.3) is 5.65 Å². The maximum absolute atomic E-state index is 4.49. The van der Waals surface area contributed by atoms with E-state index in [0.29, 0.717) is 0 Å². The summed E-state index contributed by atoms with van der Waals surface area (Å²) < 4.78 is 1.95. The summed E-state index contributed by atoms with van der Waals surface area (Å²) in [6.07, 6.45) is 5.60. The lowest BCUT2D eigenvalue weighted by Crippen LogP contribution is -2.05. The van der Waals surface area contributed by atoms with Gasteiger partial charge in [-0.15, -0.1) is 0 Å². The second-order valence-corrected chi connectivity index (χ2v) is 4.65. The summed E-state index contributed by atoms with van der Waals surface area (Å²) in [6.45, 7) is 0.756. The third-order valence-electron chi connectivity index (χ3n) is 2.67. The van der Waals surface area contributed by atoms with Crippen LogP contribution in [-0.2, 0) is 6.54 Å². The van der Waals surface area contributed by atoms with Crippen LogP contribution >= 0.6 is 11.3 Å². The van der Waals surface area contributed by atoms with E-state index >= 15 is 0 Å². The minimum absolute atomic E-state index is 0.756. The summed E-state index contributed by atoms with van der Waals surface area (Å²) >= 11 is 1.69. The molecular weight excluding hydrogens is 246 g/mol. The summed E-state index contributed by atoms with van der Waals surface area (Å²) in [6, 6.07) is 2.10. The number of thiophene rings is 1. The predicted molar refractivity (Wildman–Crippen MR) is 74.2 cm³/mol. The Bertz CT molecular complexity index is 644. The van der Waals surface area contributed by atoms with Crippen molar-refractivity contribution in [1.82, 2.24) is 14.4 Å². The Labute approximate surface area is 109 Å². The lowest BCUT2D eigenvalue weighted by atomic mass is 10.3. The van der Waals surface area contributed by atoms with E-state index < -0.39 is 0 Å². The van der Waals surface area contributed by atoms with E-state index in [1.165, 1.54) is 5.56 Å². The van der Waals surface area contributed by atoms with Crippen LogP contribution in [0.15, 0.2) is 35.4 Å². The van der Waals surface area contributed by atoms with Gasteiger partial charge in [-0.1, -0.05) is 0 Å². The van der Waals surface area contributed by atoms with Crippen molar-refractivity contribution in [2.45, 2.75) is 6.54 Å². The zero-order valence-corrected chi connectivity index (χ0v) is 10.7. The molecule has 0 spiro atoms. The van der Waals surface area contributed by atoms with Gasteiger partial charge in [0, 0.05) is 26.0 Å². The summed E-state index contributed by atoms with van der Waals surface area (Å²) in [5.41, 5.74) is 2.09. The van der Waals surface area contributed by atoms with Gasteiger partial charge in [0.05, 0.1) is 6.20 Å². The average molecular weight is 259 g/mol. The van der Waals surface area contributed by atoms with Crippen LogP contribution < -0.4 is 10.6 Å². The van der Waals surface area contributed by atoms with Gasteiger partial charge in [-0.25, -0.2) is 9.97 Å². The molecule has 0 aliphatic rings. The van der Waals surface area contributed by atoms with Crippen molar-refractivity contribution in [2.75, 3.05) is 17.7 Å². The molecule has 0 aliphatic heterocycles. The topological polar surface area (TPSA) is 54.2 Å². The second-order valence-electron chi connectivity index (χ2n) is 3.87. The number of nitrogens with zero attached hydrogens (tertiary/aromatic N) is 3.